The van der Waals surface area contributed by atoms with Gasteiger partial charge in [0.25, 0.3) is 5.91 Å². The fourth-order valence-corrected chi connectivity index (χ4v) is 2.15. The molecule has 3 rings (SSSR count). The van der Waals surface area contributed by atoms with E-state index >= 15 is 0 Å². The zero-order valence-electron chi connectivity index (χ0n) is 11.6. The number of rotatable bonds is 3. The van der Waals surface area contributed by atoms with Gasteiger partial charge in [0.15, 0.2) is 5.69 Å². The summed E-state index contributed by atoms with van der Waals surface area (Å²) in [6.45, 7) is 2.39. The summed E-state index contributed by atoms with van der Waals surface area (Å²) in [5.74, 6) is -0.241. The van der Waals surface area contributed by atoms with E-state index in [4.69, 9.17) is 5.73 Å². The van der Waals surface area contributed by atoms with E-state index in [1.54, 1.807) is 30.6 Å². The summed E-state index contributed by atoms with van der Waals surface area (Å²) in [5.41, 5.74) is 9.55. The van der Waals surface area contributed by atoms with Crippen LogP contribution in [0.15, 0.2) is 36.7 Å². The molecule has 1 aromatic carbocycles. The van der Waals surface area contributed by atoms with Crippen LogP contribution in [0.2, 0.25) is 0 Å². The van der Waals surface area contributed by atoms with Gasteiger partial charge in [0.05, 0.1) is 5.52 Å². The summed E-state index contributed by atoms with van der Waals surface area (Å²) in [6, 6.07) is 7.22. The number of nitrogens with zero attached hydrogens (tertiary/aromatic N) is 2. The van der Waals surface area contributed by atoms with Crippen LogP contribution < -0.4 is 11.1 Å². The molecule has 0 saturated carbocycles. The van der Waals surface area contributed by atoms with E-state index in [-0.39, 0.29) is 5.91 Å². The molecule has 2 aromatic heterocycles. The maximum Gasteiger partial charge on any atom is 0.272 e. The average Bonchev–Trinajstić information content (AvgIpc) is 2.89. The molecule has 0 atom stereocenters. The number of amides is 1. The molecule has 2 heterocycles. The predicted molar refractivity (Wildman–Crippen MR) is 80.7 cm³/mol. The van der Waals surface area contributed by atoms with Gasteiger partial charge in [-0.05, 0) is 42.3 Å². The fourth-order valence-electron chi connectivity index (χ4n) is 2.15. The largest absolute Gasteiger partial charge is 0.399 e. The highest BCUT2D eigenvalue weighted by atomic mass is 16.1. The summed E-state index contributed by atoms with van der Waals surface area (Å²) < 4.78 is 0. The molecule has 0 saturated heterocycles. The Balaban J connectivity index is 1.81. The Bertz CT molecular complexity index is 809. The molecule has 0 aliphatic heterocycles. The van der Waals surface area contributed by atoms with Crippen molar-refractivity contribution >= 4 is 22.5 Å². The molecule has 0 bridgehead atoms. The number of hydrogen-bond acceptors (Lipinski definition) is 4. The molecule has 1 amide bonds. The number of aromatic nitrogens is 3. The average molecular weight is 281 g/mol. The first kappa shape index (κ1) is 13.1. The maximum absolute atomic E-state index is 12.3. The SMILES string of the molecule is Cc1ccncc1CNC(=O)c1n[nH]c2ccc(N)cc12. The van der Waals surface area contributed by atoms with Crippen LogP contribution in [0.4, 0.5) is 5.69 Å². The number of aromatic amines is 1. The van der Waals surface area contributed by atoms with E-state index in [0.717, 1.165) is 22.0 Å². The van der Waals surface area contributed by atoms with E-state index < -0.39 is 0 Å². The van der Waals surface area contributed by atoms with Crippen LogP contribution in [0.3, 0.4) is 0 Å². The number of anilines is 1. The topological polar surface area (TPSA) is 96.7 Å². The van der Waals surface area contributed by atoms with Crippen LogP contribution in [0.25, 0.3) is 10.9 Å². The lowest BCUT2D eigenvalue weighted by Crippen LogP contribution is -2.23. The molecule has 0 aliphatic carbocycles. The summed E-state index contributed by atoms with van der Waals surface area (Å²) >= 11 is 0. The third-order valence-electron chi connectivity index (χ3n) is 3.39. The molecule has 0 aliphatic rings. The van der Waals surface area contributed by atoms with E-state index in [9.17, 15) is 4.79 Å². The molecule has 3 aromatic rings. The number of carbonyl (C=O) groups is 1. The fraction of sp³-hybridized carbons (Fsp3) is 0.133. The predicted octanol–water partition coefficient (Wildman–Crippen LogP) is 1.78. The highest BCUT2D eigenvalue weighted by Crippen LogP contribution is 2.19. The molecule has 106 valence electrons. The normalized spacial score (nSPS) is 10.7. The van der Waals surface area contributed by atoms with E-state index in [2.05, 4.69) is 20.5 Å². The van der Waals surface area contributed by atoms with E-state index in [1.165, 1.54) is 0 Å². The Labute approximate surface area is 121 Å². The number of aryl methyl sites for hydroxylation is 1. The van der Waals surface area contributed by atoms with Gasteiger partial charge < -0.3 is 11.1 Å². The Morgan fingerprint density at radius 3 is 3.05 bits per heavy atom. The van der Waals surface area contributed by atoms with Crippen LogP contribution in [0, 0.1) is 6.92 Å². The number of carbonyl (C=O) groups excluding carboxylic acids is 1. The van der Waals surface area contributed by atoms with E-state index in [1.807, 2.05) is 13.0 Å². The Kier molecular flexibility index (Phi) is 3.27. The highest BCUT2D eigenvalue weighted by molar-refractivity contribution is 6.05. The molecule has 0 spiro atoms. The third kappa shape index (κ3) is 2.55. The van der Waals surface area contributed by atoms with Gasteiger partial charge in [-0.25, -0.2) is 0 Å². The van der Waals surface area contributed by atoms with Crippen molar-refractivity contribution in [1.82, 2.24) is 20.5 Å². The van der Waals surface area contributed by atoms with E-state index in [0.29, 0.717) is 17.9 Å². The number of nitrogens with two attached hydrogens (primary N) is 1. The van der Waals surface area contributed by atoms with Gasteiger partial charge in [0.1, 0.15) is 0 Å². The van der Waals surface area contributed by atoms with Crippen molar-refractivity contribution in [3.8, 4) is 0 Å². The van der Waals surface area contributed by atoms with Crippen LogP contribution >= 0.6 is 0 Å². The molecule has 0 fully saturated rings. The second-order valence-electron chi connectivity index (χ2n) is 4.86. The minimum Gasteiger partial charge on any atom is -0.399 e. The number of H-pyrrole nitrogens is 1. The van der Waals surface area contributed by atoms with Crippen molar-refractivity contribution in [1.29, 1.82) is 0 Å². The van der Waals surface area contributed by atoms with Gasteiger partial charge in [0, 0.05) is 30.0 Å². The molecular weight excluding hydrogens is 266 g/mol. The summed E-state index contributed by atoms with van der Waals surface area (Å²) in [6.07, 6.45) is 3.47. The van der Waals surface area contributed by atoms with Gasteiger partial charge >= 0.3 is 0 Å². The molecule has 0 radical (unpaired) electrons. The molecule has 4 N–H and O–H groups in total. The van der Waals surface area contributed by atoms with Gasteiger partial charge in [0.2, 0.25) is 0 Å². The smallest absolute Gasteiger partial charge is 0.272 e. The first-order valence-corrected chi connectivity index (χ1v) is 6.56. The summed E-state index contributed by atoms with van der Waals surface area (Å²) in [5, 5.41) is 10.5. The third-order valence-corrected chi connectivity index (χ3v) is 3.39. The maximum atomic E-state index is 12.3. The van der Waals surface area contributed by atoms with Gasteiger partial charge in [-0.1, -0.05) is 0 Å². The summed E-state index contributed by atoms with van der Waals surface area (Å²) in [7, 11) is 0. The Morgan fingerprint density at radius 1 is 1.38 bits per heavy atom. The summed E-state index contributed by atoms with van der Waals surface area (Å²) in [4.78, 5) is 16.3. The van der Waals surface area contributed by atoms with Crippen molar-refractivity contribution in [3.63, 3.8) is 0 Å². The van der Waals surface area contributed by atoms with Crippen molar-refractivity contribution in [3.05, 3.63) is 53.5 Å². The van der Waals surface area contributed by atoms with Crippen LogP contribution in [-0.4, -0.2) is 21.1 Å². The zero-order chi connectivity index (χ0) is 14.8. The number of nitrogen functional groups attached to an aromatic ring is 1. The van der Waals surface area contributed by atoms with Crippen molar-refractivity contribution in [2.24, 2.45) is 0 Å². The second-order valence-corrected chi connectivity index (χ2v) is 4.86. The van der Waals surface area contributed by atoms with Gasteiger partial charge in [-0.15, -0.1) is 0 Å². The lowest BCUT2D eigenvalue weighted by Gasteiger charge is -2.06. The first-order chi connectivity index (χ1) is 10.1. The van der Waals surface area contributed by atoms with Crippen molar-refractivity contribution in [2.75, 3.05) is 5.73 Å². The number of benzene rings is 1. The molecule has 0 unspecified atom stereocenters. The van der Waals surface area contributed by atoms with Crippen molar-refractivity contribution < 1.29 is 4.79 Å². The zero-order valence-corrected chi connectivity index (χ0v) is 11.6. The first-order valence-electron chi connectivity index (χ1n) is 6.56. The lowest BCUT2D eigenvalue weighted by molar-refractivity contribution is 0.0947. The lowest BCUT2D eigenvalue weighted by atomic mass is 10.1. The molecule has 6 nitrogen and oxygen atoms in total. The number of nitrogens with one attached hydrogen (secondary N) is 2. The Morgan fingerprint density at radius 2 is 2.24 bits per heavy atom. The number of pyridine rings is 1. The van der Waals surface area contributed by atoms with Crippen LogP contribution in [-0.2, 0) is 6.54 Å². The van der Waals surface area contributed by atoms with Crippen LogP contribution in [0.5, 0.6) is 0 Å². The quantitative estimate of drug-likeness (QED) is 0.637. The minimum atomic E-state index is -0.241. The highest BCUT2D eigenvalue weighted by Gasteiger charge is 2.14. The molecule has 6 heteroatoms. The Hall–Kier alpha value is -2.89. The number of fused-ring (bicyclic) bond motifs is 1. The monoisotopic (exact) mass is 281 g/mol. The van der Waals surface area contributed by atoms with Gasteiger partial charge in [-0.2, -0.15) is 5.10 Å². The second kappa shape index (κ2) is 5.24. The molecular formula is C15H15N5O. The van der Waals surface area contributed by atoms with Gasteiger partial charge in [-0.3, -0.25) is 14.9 Å². The standard InChI is InChI=1S/C15H15N5O/c1-9-4-5-17-7-10(9)8-18-15(21)14-12-6-11(16)2-3-13(12)19-20-14/h2-7H,8,16H2,1H3,(H,18,21)(H,19,20). The van der Waals surface area contributed by atoms with Crippen molar-refractivity contribution in [2.45, 2.75) is 13.5 Å². The van der Waals surface area contributed by atoms with Crippen LogP contribution in [0.1, 0.15) is 21.6 Å². The minimum absolute atomic E-state index is 0.241. The molecule has 21 heavy (non-hydrogen) atoms. The number of hydrogen-bond donors (Lipinski definition) is 3.